The van der Waals surface area contributed by atoms with E-state index in [1.54, 1.807) is 28.1 Å². The zero-order chi connectivity index (χ0) is 28.0. The summed E-state index contributed by atoms with van der Waals surface area (Å²) < 4.78 is 0. The first kappa shape index (κ1) is 29.8. The molecule has 1 N–H and O–H groups in total. The van der Waals surface area contributed by atoms with Crippen molar-refractivity contribution in [3.05, 3.63) is 63.9 Å². The number of halogens is 2. The predicted octanol–water partition coefficient (Wildman–Crippen LogP) is 5.09. The van der Waals surface area contributed by atoms with Crippen molar-refractivity contribution in [1.29, 1.82) is 0 Å². The molecule has 7 nitrogen and oxygen atoms in total. The molecule has 2 saturated heterocycles. The van der Waals surface area contributed by atoms with Crippen molar-refractivity contribution in [2.75, 3.05) is 47.3 Å². The second kappa shape index (κ2) is 13.4. The van der Waals surface area contributed by atoms with Gasteiger partial charge in [-0.3, -0.25) is 19.5 Å². The second-order valence-electron chi connectivity index (χ2n) is 11.2. The summed E-state index contributed by atoms with van der Waals surface area (Å²) in [6.07, 6.45) is 8.46. The third-order valence-corrected chi connectivity index (χ3v) is 9.14. The van der Waals surface area contributed by atoms with Crippen molar-refractivity contribution in [1.82, 2.24) is 25.0 Å². The van der Waals surface area contributed by atoms with Crippen LogP contribution in [0.5, 0.6) is 0 Å². The van der Waals surface area contributed by atoms with Crippen molar-refractivity contribution in [2.45, 2.75) is 62.4 Å². The van der Waals surface area contributed by atoms with Crippen LogP contribution >= 0.6 is 23.2 Å². The number of hydrogen-bond acceptors (Lipinski definition) is 5. The Bertz CT molecular complexity index is 1120. The summed E-state index contributed by atoms with van der Waals surface area (Å²) in [4.78, 5) is 37.1. The van der Waals surface area contributed by atoms with Gasteiger partial charge in [-0.05, 0) is 88.0 Å². The largest absolute Gasteiger partial charge is 0.347 e. The Hall–Kier alpha value is -2.19. The molecule has 3 heterocycles. The minimum absolute atomic E-state index is 0.0646. The lowest BCUT2D eigenvalue weighted by molar-refractivity contribution is -0.148. The second-order valence-corrected chi connectivity index (χ2v) is 12.0. The topological polar surface area (TPSA) is 68.8 Å². The average Bonchev–Trinajstić information content (AvgIpc) is 2.96. The van der Waals surface area contributed by atoms with Gasteiger partial charge in [0.05, 0.1) is 10.0 Å². The molecule has 4 rings (SSSR count). The van der Waals surface area contributed by atoms with Crippen molar-refractivity contribution < 1.29 is 9.59 Å². The van der Waals surface area contributed by atoms with Crippen molar-refractivity contribution in [3.63, 3.8) is 0 Å². The molecule has 0 aliphatic carbocycles. The summed E-state index contributed by atoms with van der Waals surface area (Å²) in [5.74, 6) is 0.178. The van der Waals surface area contributed by atoms with Crippen LogP contribution in [0, 0.1) is 0 Å². The van der Waals surface area contributed by atoms with Gasteiger partial charge in [-0.1, -0.05) is 41.8 Å². The smallest absolute Gasteiger partial charge is 0.272 e. The maximum absolute atomic E-state index is 13.6. The predicted molar refractivity (Wildman–Crippen MR) is 158 cm³/mol. The number of carbonyl (C=O) groups is 2. The first-order chi connectivity index (χ1) is 18.7. The monoisotopic (exact) mass is 573 g/mol. The van der Waals surface area contributed by atoms with E-state index in [0.29, 0.717) is 28.3 Å². The average molecular weight is 575 g/mol. The highest BCUT2D eigenvalue weighted by Gasteiger charge is 2.48. The number of likely N-dealkylation sites (N-methyl/N-ethyl adjacent to an activating group) is 2. The number of aromatic nitrogens is 1. The van der Waals surface area contributed by atoms with E-state index in [0.717, 1.165) is 63.7 Å². The minimum atomic E-state index is -0.454. The molecular formula is C30H41Cl2N5O2. The number of likely N-dealkylation sites (tertiary alicyclic amines) is 1. The number of benzene rings is 1. The lowest BCUT2D eigenvalue weighted by atomic mass is 9.80. The summed E-state index contributed by atoms with van der Waals surface area (Å²) in [6, 6.07) is 11.5. The zero-order valence-electron chi connectivity index (χ0n) is 23.3. The van der Waals surface area contributed by atoms with Crippen LogP contribution in [0.1, 0.15) is 66.9 Å². The van der Waals surface area contributed by atoms with E-state index >= 15 is 0 Å². The number of carbonyl (C=O) groups excluding carboxylic acids is 2. The molecule has 2 aliphatic heterocycles. The molecule has 1 aromatic carbocycles. The SMILES string of the molecule is CN(C)C(=O)C1(N2CCCCC2CCC(CN(C)C(=O)c2ccccn2)c2ccc(Cl)c(Cl)c2)CCNCC1. The molecule has 2 aliphatic rings. The lowest BCUT2D eigenvalue weighted by Crippen LogP contribution is -2.66. The third kappa shape index (κ3) is 6.94. The first-order valence-corrected chi connectivity index (χ1v) is 14.8. The van der Waals surface area contributed by atoms with Crippen LogP contribution in [0.25, 0.3) is 0 Å². The minimum Gasteiger partial charge on any atom is -0.347 e. The molecule has 0 radical (unpaired) electrons. The number of nitrogens with one attached hydrogen (secondary N) is 1. The number of piperidine rings is 2. The Kier molecular flexibility index (Phi) is 10.3. The molecular weight excluding hydrogens is 533 g/mol. The van der Waals surface area contributed by atoms with Crippen LogP contribution in [0.4, 0.5) is 0 Å². The first-order valence-electron chi connectivity index (χ1n) is 14.0. The standard InChI is InChI=1S/C30H41Cl2N5O2/c1-35(2)29(39)30(14-17-33-18-15-30)37-19-7-5-8-24(37)12-10-23(22-11-13-25(31)26(32)20-22)21-36(3)28(38)27-9-4-6-16-34-27/h4,6,9,11,13,16,20,23-24,33H,5,7-8,10,12,14-15,17-19,21H2,1-3H3. The van der Waals surface area contributed by atoms with Crippen LogP contribution in [0.2, 0.25) is 10.0 Å². The van der Waals surface area contributed by atoms with Gasteiger partial charge in [0, 0.05) is 45.8 Å². The van der Waals surface area contributed by atoms with Crippen molar-refractivity contribution in [2.24, 2.45) is 0 Å². The molecule has 212 valence electrons. The summed E-state index contributed by atoms with van der Waals surface area (Å²) in [5, 5.41) is 4.49. The molecule has 2 amide bonds. The van der Waals surface area contributed by atoms with E-state index in [-0.39, 0.29) is 17.7 Å². The van der Waals surface area contributed by atoms with Crippen molar-refractivity contribution in [3.8, 4) is 0 Å². The van der Waals surface area contributed by atoms with Crippen LogP contribution < -0.4 is 5.32 Å². The fraction of sp³-hybridized carbons (Fsp3) is 0.567. The Morgan fingerprint density at radius 2 is 1.87 bits per heavy atom. The molecule has 0 saturated carbocycles. The number of amides is 2. The molecule has 1 aromatic heterocycles. The molecule has 2 unspecified atom stereocenters. The van der Waals surface area contributed by atoms with Crippen LogP contribution in [-0.2, 0) is 4.79 Å². The Balaban J connectivity index is 1.56. The Labute approximate surface area is 242 Å². The van der Waals surface area contributed by atoms with Gasteiger partial charge in [0.15, 0.2) is 0 Å². The molecule has 9 heteroatoms. The Morgan fingerprint density at radius 1 is 1.10 bits per heavy atom. The molecule has 0 bridgehead atoms. The van der Waals surface area contributed by atoms with Gasteiger partial charge in [-0.25, -0.2) is 0 Å². The fourth-order valence-electron chi connectivity index (χ4n) is 6.37. The van der Waals surface area contributed by atoms with E-state index in [2.05, 4.69) is 15.2 Å². The number of hydrogen-bond donors (Lipinski definition) is 1. The lowest BCUT2D eigenvalue weighted by Gasteiger charge is -2.51. The molecule has 2 atom stereocenters. The molecule has 39 heavy (non-hydrogen) atoms. The van der Waals surface area contributed by atoms with Gasteiger partial charge in [-0.2, -0.15) is 0 Å². The van der Waals surface area contributed by atoms with Gasteiger partial charge < -0.3 is 15.1 Å². The van der Waals surface area contributed by atoms with Crippen LogP contribution in [-0.4, -0.2) is 90.4 Å². The Morgan fingerprint density at radius 3 is 2.54 bits per heavy atom. The normalized spacial score (nSPS) is 20.3. The van der Waals surface area contributed by atoms with E-state index in [4.69, 9.17) is 23.2 Å². The number of nitrogens with zero attached hydrogens (tertiary/aromatic N) is 4. The number of rotatable bonds is 9. The highest BCUT2D eigenvalue weighted by Crippen LogP contribution is 2.37. The zero-order valence-corrected chi connectivity index (χ0v) is 24.8. The van der Waals surface area contributed by atoms with Gasteiger partial charge in [0.1, 0.15) is 11.2 Å². The van der Waals surface area contributed by atoms with Gasteiger partial charge in [-0.15, -0.1) is 0 Å². The van der Waals surface area contributed by atoms with Crippen molar-refractivity contribution >= 4 is 35.0 Å². The third-order valence-electron chi connectivity index (χ3n) is 8.40. The summed E-state index contributed by atoms with van der Waals surface area (Å²) in [5.41, 5.74) is 1.04. The highest BCUT2D eigenvalue weighted by molar-refractivity contribution is 6.42. The van der Waals surface area contributed by atoms with Gasteiger partial charge in [0.2, 0.25) is 5.91 Å². The van der Waals surface area contributed by atoms with Crippen LogP contribution in [0.15, 0.2) is 42.6 Å². The van der Waals surface area contributed by atoms with Gasteiger partial charge >= 0.3 is 0 Å². The summed E-state index contributed by atoms with van der Waals surface area (Å²) >= 11 is 12.7. The highest BCUT2D eigenvalue weighted by atomic mass is 35.5. The maximum atomic E-state index is 13.6. The summed E-state index contributed by atoms with van der Waals surface area (Å²) in [6.45, 7) is 3.19. The van der Waals surface area contributed by atoms with E-state index in [1.165, 1.54) is 6.42 Å². The van der Waals surface area contributed by atoms with Crippen LogP contribution in [0.3, 0.4) is 0 Å². The van der Waals surface area contributed by atoms with E-state index < -0.39 is 5.54 Å². The molecule has 0 spiro atoms. The van der Waals surface area contributed by atoms with Gasteiger partial charge in [0.25, 0.3) is 5.91 Å². The maximum Gasteiger partial charge on any atom is 0.272 e. The van der Waals surface area contributed by atoms with E-state index in [1.807, 2.05) is 45.4 Å². The number of pyridine rings is 1. The van der Waals surface area contributed by atoms with E-state index in [9.17, 15) is 9.59 Å². The molecule has 2 fully saturated rings. The molecule has 2 aromatic rings. The fourth-order valence-corrected chi connectivity index (χ4v) is 6.67. The quantitative estimate of drug-likeness (QED) is 0.452. The summed E-state index contributed by atoms with van der Waals surface area (Å²) in [7, 11) is 5.58.